The number of epoxide rings is 1. The van der Waals surface area contributed by atoms with Gasteiger partial charge in [0.15, 0.2) is 5.76 Å². The highest BCUT2D eigenvalue weighted by molar-refractivity contribution is 6.30. The molecule has 2 aromatic carbocycles. The Morgan fingerprint density at radius 1 is 1.05 bits per heavy atom. The van der Waals surface area contributed by atoms with Gasteiger partial charge in [0, 0.05) is 60.7 Å². The molecule has 3 saturated heterocycles. The molecule has 0 bridgehead atoms. The lowest BCUT2D eigenvalue weighted by Gasteiger charge is -2.32. The first-order chi connectivity index (χ1) is 17.5. The van der Waals surface area contributed by atoms with Crippen molar-refractivity contribution in [1.82, 2.24) is 9.80 Å². The Balaban J connectivity index is 1.27. The molecule has 200 valence electrons. The normalized spacial score (nSPS) is 27.5. The molecule has 0 aliphatic carbocycles. The Hall–Kier alpha value is -1.99. The average molecular weight is 530 g/mol. The smallest absolute Gasteiger partial charge is 0.210 e. The molecular formula is C30H38ClF2N3O. The Morgan fingerprint density at radius 2 is 1.76 bits per heavy atom. The van der Waals surface area contributed by atoms with Crippen molar-refractivity contribution in [2.24, 2.45) is 11.7 Å². The minimum atomic E-state index is -0.539. The van der Waals surface area contributed by atoms with Crippen molar-refractivity contribution in [3.8, 4) is 0 Å². The molecule has 2 N–H and O–H groups in total. The third-order valence-corrected chi connectivity index (χ3v) is 8.56. The monoisotopic (exact) mass is 529 g/mol. The van der Waals surface area contributed by atoms with Crippen LogP contribution in [-0.2, 0) is 4.74 Å². The van der Waals surface area contributed by atoms with E-state index in [0.29, 0.717) is 11.5 Å². The van der Waals surface area contributed by atoms with Crippen LogP contribution >= 0.6 is 11.6 Å². The predicted octanol–water partition coefficient (Wildman–Crippen LogP) is 6.57. The van der Waals surface area contributed by atoms with Gasteiger partial charge in [0.05, 0.1) is 0 Å². The molecule has 3 aliphatic rings. The molecule has 37 heavy (non-hydrogen) atoms. The first kappa shape index (κ1) is 26.6. The summed E-state index contributed by atoms with van der Waals surface area (Å²) >= 11 is 6.23. The molecule has 3 aliphatic heterocycles. The van der Waals surface area contributed by atoms with Gasteiger partial charge in [-0.3, -0.25) is 9.80 Å². The molecule has 5 rings (SSSR count). The fourth-order valence-corrected chi connectivity index (χ4v) is 6.30. The van der Waals surface area contributed by atoms with Crippen LogP contribution < -0.4 is 5.73 Å². The van der Waals surface area contributed by atoms with Gasteiger partial charge in [-0.1, -0.05) is 23.7 Å². The van der Waals surface area contributed by atoms with Crippen molar-refractivity contribution < 1.29 is 13.5 Å². The first-order valence-corrected chi connectivity index (χ1v) is 13.8. The van der Waals surface area contributed by atoms with Crippen molar-refractivity contribution in [3.05, 3.63) is 81.6 Å². The van der Waals surface area contributed by atoms with Crippen LogP contribution in [0.1, 0.15) is 75.1 Å². The molecule has 2 unspecified atom stereocenters. The number of benzene rings is 2. The summed E-state index contributed by atoms with van der Waals surface area (Å²) in [6.45, 7) is 12.0. The third-order valence-electron chi connectivity index (χ3n) is 8.33. The Morgan fingerprint density at radius 3 is 2.41 bits per heavy atom. The largest absolute Gasteiger partial charge is 0.467 e. The van der Waals surface area contributed by atoms with Crippen molar-refractivity contribution in [2.75, 3.05) is 26.2 Å². The van der Waals surface area contributed by atoms with E-state index in [2.05, 4.69) is 42.7 Å². The summed E-state index contributed by atoms with van der Waals surface area (Å²) in [6.07, 6.45) is 4.28. The number of piperidine rings is 1. The minimum Gasteiger partial charge on any atom is -0.467 e. The van der Waals surface area contributed by atoms with E-state index in [1.165, 1.54) is 11.6 Å². The zero-order valence-electron chi connectivity index (χ0n) is 22.2. The highest BCUT2D eigenvalue weighted by Gasteiger charge is 2.44. The maximum absolute atomic E-state index is 14.8. The number of hydrogen-bond donors (Lipinski definition) is 1. The van der Waals surface area contributed by atoms with E-state index in [1.54, 1.807) is 6.07 Å². The SMILES string of the molecule is C[C@H](N)c1cc(Cl)ccc1C1CCN(C2OC2=CC2CN(C(C)(C)C)C[C@H]2c2ccc(F)cc2F)CC1. The second-order valence-electron chi connectivity index (χ2n) is 11.9. The van der Waals surface area contributed by atoms with Gasteiger partial charge in [-0.25, -0.2) is 8.78 Å². The van der Waals surface area contributed by atoms with Gasteiger partial charge in [0.25, 0.3) is 0 Å². The van der Waals surface area contributed by atoms with Crippen LogP contribution in [0.25, 0.3) is 0 Å². The van der Waals surface area contributed by atoms with Gasteiger partial charge in [0.2, 0.25) is 6.23 Å². The summed E-state index contributed by atoms with van der Waals surface area (Å²) in [4.78, 5) is 4.78. The first-order valence-electron chi connectivity index (χ1n) is 13.4. The van der Waals surface area contributed by atoms with Gasteiger partial charge in [-0.2, -0.15) is 0 Å². The van der Waals surface area contributed by atoms with Gasteiger partial charge >= 0.3 is 0 Å². The van der Waals surface area contributed by atoms with Crippen LogP contribution in [0.3, 0.4) is 0 Å². The quantitative estimate of drug-likeness (QED) is 0.445. The fraction of sp³-hybridized carbons (Fsp3) is 0.533. The summed E-state index contributed by atoms with van der Waals surface area (Å²) in [7, 11) is 0. The molecule has 0 aromatic heterocycles. The van der Waals surface area contributed by atoms with Crippen molar-refractivity contribution >= 4 is 11.6 Å². The number of ether oxygens (including phenoxy) is 1. The summed E-state index contributed by atoms with van der Waals surface area (Å²) in [6, 6.07) is 10.0. The summed E-state index contributed by atoms with van der Waals surface area (Å²) in [5.74, 6) is 0.510. The summed E-state index contributed by atoms with van der Waals surface area (Å²) in [5.41, 5.74) is 9.23. The lowest BCUT2D eigenvalue weighted by atomic mass is 9.85. The van der Waals surface area contributed by atoms with Gasteiger partial charge in [0.1, 0.15) is 11.6 Å². The van der Waals surface area contributed by atoms with E-state index in [0.717, 1.165) is 61.4 Å². The van der Waals surface area contributed by atoms with Crippen LogP contribution in [0, 0.1) is 17.6 Å². The molecular weight excluding hydrogens is 492 g/mol. The fourth-order valence-electron chi connectivity index (χ4n) is 6.12. The molecule has 2 aromatic rings. The highest BCUT2D eigenvalue weighted by Crippen LogP contribution is 2.43. The number of halogens is 3. The van der Waals surface area contributed by atoms with Crippen LogP contribution in [0.4, 0.5) is 8.78 Å². The minimum absolute atomic E-state index is 0.00136. The molecule has 0 saturated carbocycles. The number of nitrogens with two attached hydrogens (primary N) is 1. The lowest BCUT2D eigenvalue weighted by molar-refractivity contribution is 0.139. The molecule has 0 radical (unpaired) electrons. The van der Waals surface area contributed by atoms with E-state index < -0.39 is 11.6 Å². The summed E-state index contributed by atoms with van der Waals surface area (Å²) in [5, 5.41) is 0.727. The predicted molar refractivity (Wildman–Crippen MR) is 144 cm³/mol. The molecule has 0 spiro atoms. The standard InChI is InChI=1S/C30H38ClF2N3O/c1-18(34)25-14-21(31)5-7-23(25)19-9-11-35(12-10-19)29-28(37-29)13-20-16-36(30(2,3)4)17-26(20)24-8-6-22(32)15-27(24)33/h5-8,13-15,18-20,26,29H,9-12,16-17,34H2,1-4H3/t18-,20?,26+,29?/m0/s1. The Labute approximate surface area is 224 Å². The number of hydrogen-bond acceptors (Lipinski definition) is 4. The lowest BCUT2D eigenvalue weighted by Crippen LogP contribution is -2.39. The number of rotatable bonds is 5. The maximum Gasteiger partial charge on any atom is 0.210 e. The van der Waals surface area contributed by atoms with Gasteiger partial charge in [-0.05, 0) is 87.4 Å². The zero-order valence-corrected chi connectivity index (χ0v) is 22.9. The van der Waals surface area contributed by atoms with E-state index in [9.17, 15) is 8.78 Å². The second kappa shape index (κ2) is 10.3. The average Bonchev–Trinajstić information content (AvgIpc) is 3.47. The molecule has 3 fully saturated rings. The molecule has 0 amide bonds. The van der Waals surface area contributed by atoms with Crippen LogP contribution in [0.15, 0.2) is 48.2 Å². The van der Waals surface area contributed by atoms with Crippen LogP contribution in [0.2, 0.25) is 5.02 Å². The summed E-state index contributed by atoms with van der Waals surface area (Å²) < 4.78 is 34.4. The molecule has 3 heterocycles. The molecule has 4 atom stereocenters. The Kier molecular flexibility index (Phi) is 7.40. The van der Waals surface area contributed by atoms with E-state index >= 15 is 0 Å². The second-order valence-corrected chi connectivity index (χ2v) is 12.4. The van der Waals surface area contributed by atoms with Crippen molar-refractivity contribution in [1.29, 1.82) is 0 Å². The topological polar surface area (TPSA) is 45.0 Å². The van der Waals surface area contributed by atoms with Gasteiger partial charge in [-0.15, -0.1) is 0 Å². The Bertz CT molecular complexity index is 1170. The van der Waals surface area contributed by atoms with Crippen LogP contribution in [0.5, 0.6) is 0 Å². The zero-order chi connectivity index (χ0) is 26.5. The number of nitrogens with zero attached hydrogens (tertiary/aromatic N) is 2. The van der Waals surface area contributed by atoms with Gasteiger partial charge < -0.3 is 10.5 Å². The molecule has 7 heteroatoms. The van der Waals surface area contributed by atoms with Crippen LogP contribution in [-0.4, -0.2) is 47.7 Å². The van der Waals surface area contributed by atoms with E-state index in [1.807, 2.05) is 19.1 Å². The van der Waals surface area contributed by atoms with E-state index in [4.69, 9.17) is 22.1 Å². The maximum atomic E-state index is 14.8. The van der Waals surface area contributed by atoms with E-state index in [-0.39, 0.29) is 29.6 Å². The van der Waals surface area contributed by atoms with Crippen molar-refractivity contribution in [3.63, 3.8) is 0 Å². The van der Waals surface area contributed by atoms with Crippen molar-refractivity contribution in [2.45, 2.75) is 70.2 Å². The number of likely N-dealkylation sites (tertiary alicyclic amines) is 2. The highest BCUT2D eigenvalue weighted by atomic mass is 35.5. The third kappa shape index (κ3) is 5.73. The molecule has 4 nitrogen and oxygen atoms in total.